The summed E-state index contributed by atoms with van der Waals surface area (Å²) in [6, 6.07) is 3.87. The summed E-state index contributed by atoms with van der Waals surface area (Å²) >= 11 is 0. The second kappa shape index (κ2) is 8.52. The molecule has 0 aliphatic rings. The van der Waals surface area contributed by atoms with Crippen molar-refractivity contribution in [2.75, 3.05) is 34.9 Å². The van der Waals surface area contributed by atoms with Gasteiger partial charge in [0.05, 0.1) is 14.2 Å². The summed E-state index contributed by atoms with van der Waals surface area (Å²) < 4.78 is 10.6. The van der Waals surface area contributed by atoms with Crippen LogP contribution in [0.5, 0.6) is 11.5 Å². The van der Waals surface area contributed by atoms with E-state index >= 15 is 0 Å². The lowest BCUT2D eigenvalue weighted by Gasteiger charge is -2.20. The second-order valence-corrected chi connectivity index (χ2v) is 5.09. The lowest BCUT2D eigenvalue weighted by molar-refractivity contribution is -0.130. The average molecular weight is 294 g/mol. The molecule has 0 saturated heterocycles. The lowest BCUT2D eigenvalue weighted by atomic mass is 10.1. The first kappa shape index (κ1) is 17.3. The summed E-state index contributed by atoms with van der Waals surface area (Å²) in [5.74, 6) is 1.55. The number of rotatable bonds is 8. The highest BCUT2D eigenvalue weighted by atomic mass is 16.5. The van der Waals surface area contributed by atoms with Crippen molar-refractivity contribution < 1.29 is 14.3 Å². The Kier molecular flexibility index (Phi) is 7.02. The first-order valence-corrected chi connectivity index (χ1v) is 7.13. The molecule has 0 radical (unpaired) electrons. The summed E-state index contributed by atoms with van der Waals surface area (Å²) in [6.07, 6.45) is 1.41. The fourth-order valence-corrected chi connectivity index (χ4v) is 2.14. The van der Waals surface area contributed by atoms with Gasteiger partial charge in [-0.05, 0) is 50.2 Å². The first-order chi connectivity index (χ1) is 10.0. The average Bonchev–Trinajstić information content (AvgIpc) is 2.48. The molecule has 0 bridgehead atoms. The number of benzene rings is 1. The standard InChI is InChI=1S/C16H26N2O3/c1-12-9-14(20-4)15(21-5)10-13(12)11-18(3)16(19)7-6-8-17-2/h9-10,17H,6-8,11H2,1-5H3. The molecule has 5 nitrogen and oxygen atoms in total. The molecule has 1 amide bonds. The first-order valence-electron chi connectivity index (χ1n) is 7.13. The number of hydrogen-bond acceptors (Lipinski definition) is 4. The molecule has 0 heterocycles. The van der Waals surface area contributed by atoms with Crippen LogP contribution < -0.4 is 14.8 Å². The molecule has 118 valence electrons. The fraction of sp³-hybridized carbons (Fsp3) is 0.562. The largest absolute Gasteiger partial charge is 0.493 e. The molecule has 0 unspecified atom stereocenters. The van der Waals surface area contributed by atoms with Crippen LogP contribution in [0, 0.1) is 6.92 Å². The quantitative estimate of drug-likeness (QED) is 0.745. The number of aryl methyl sites for hydroxylation is 1. The second-order valence-electron chi connectivity index (χ2n) is 5.09. The zero-order chi connectivity index (χ0) is 15.8. The van der Waals surface area contributed by atoms with Crippen LogP contribution in [-0.4, -0.2) is 45.7 Å². The van der Waals surface area contributed by atoms with Crippen molar-refractivity contribution in [3.63, 3.8) is 0 Å². The monoisotopic (exact) mass is 294 g/mol. The van der Waals surface area contributed by atoms with Gasteiger partial charge in [0.2, 0.25) is 5.91 Å². The van der Waals surface area contributed by atoms with Crippen LogP contribution in [0.15, 0.2) is 12.1 Å². The fourth-order valence-electron chi connectivity index (χ4n) is 2.14. The van der Waals surface area contributed by atoms with E-state index < -0.39 is 0 Å². The van der Waals surface area contributed by atoms with Gasteiger partial charge in [-0.15, -0.1) is 0 Å². The maximum Gasteiger partial charge on any atom is 0.222 e. The van der Waals surface area contributed by atoms with Crippen LogP contribution in [-0.2, 0) is 11.3 Å². The topological polar surface area (TPSA) is 50.8 Å². The van der Waals surface area contributed by atoms with E-state index in [9.17, 15) is 4.79 Å². The van der Waals surface area contributed by atoms with Crippen molar-refractivity contribution in [2.24, 2.45) is 0 Å². The maximum atomic E-state index is 12.1. The summed E-state index contributed by atoms with van der Waals surface area (Å²) in [5.41, 5.74) is 2.15. The van der Waals surface area contributed by atoms with E-state index in [1.165, 1.54) is 0 Å². The molecule has 1 N–H and O–H groups in total. The van der Waals surface area contributed by atoms with Gasteiger partial charge in [-0.1, -0.05) is 0 Å². The Balaban J connectivity index is 2.75. The number of nitrogens with one attached hydrogen (secondary N) is 1. The van der Waals surface area contributed by atoms with Gasteiger partial charge < -0.3 is 19.7 Å². The summed E-state index contributed by atoms with van der Waals surface area (Å²) in [6.45, 7) is 3.44. The van der Waals surface area contributed by atoms with Gasteiger partial charge in [0.1, 0.15) is 0 Å². The van der Waals surface area contributed by atoms with Gasteiger partial charge in [0.15, 0.2) is 11.5 Å². The molecule has 0 atom stereocenters. The molecule has 1 rings (SSSR count). The molecule has 0 spiro atoms. The van der Waals surface area contributed by atoms with Crippen molar-refractivity contribution in [2.45, 2.75) is 26.3 Å². The lowest BCUT2D eigenvalue weighted by Crippen LogP contribution is -2.27. The Morgan fingerprint density at radius 2 is 1.86 bits per heavy atom. The molecular formula is C16H26N2O3. The molecule has 0 aromatic heterocycles. The van der Waals surface area contributed by atoms with Crippen LogP contribution in [0.4, 0.5) is 0 Å². The molecule has 0 saturated carbocycles. The number of amides is 1. The van der Waals surface area contributed by atoms with Gasteiger partial charge in [0.25, 0.3) is 0 Å². The summed E-state index contributed by atoms with van der Waals surface area (Å²) in [4.78, 5) is 13.8. The predicted molar refractivity (Wildman–Crippen MR) is 83.9 cm³/mol. The highest BCUT2D eigenvalue weighted by Gasteiger charge is 2.13. The molecule has 0 aliphatic carbocycles. The van der Waals surface area contributed by atoms with Crippen LogP contribution in [0.25, 0.3) is 0 Å². The Morgan fingerprint density at radius 3 is 2.43 bits per heavy atom. The van der Waals surface area contributed by atoms with E-state index in [1.807, 2.05) is 33.2 Å². The zero-order valence-electron chi connectivity index (χ0n) is 13.7. The Hall–Kier alpha value is -1.75. The van der Waals surface area contributed by atoms with Gasteiger partial charge in [-0.25, -0.2) is 0 Å². The Morgan fingerprint density at radius 1 is 1.24 bits per heavy atom. The maximum absolute atomic E-state index is 12.1. The van der Waals surface area contributed by atoms with Crippen molar-refractivity contribution in [3.05, 3.63) is 23.3 Å². The number of hydrogen-bond donors (Lipinski definition) is 1. The summed E-state index contributed by atoms with van der Waals surface area (Å²) in [5, 5.41) is 3.05. The van der Waals surface area contributed by atoms with Gasteiger partial charge in [0, 0.05) is 20.0 Å². The molecule has 1 aromatic rings. The minimum absolute atomic E-state index is 0.152. The Bertz CT molecular complexity index is 475. The van der Waals surface area contributed by atoms with E-state index in [0.29, 0.717) is 24.5 Å². The van der Waals surface area contributed by atoms with E-state index in [4.69, 9.17) is 9.47 Å². The van der Waals surface area contributed by atoms with Crippen molar-refractivity contribution in [3.8, 4) is 11.5 Å². The van der Waals surface area contributed by atoms with Crippen molar-refractivity contribution in [1.29, 1.82) is 0 Å². The van der Waals surface area contributed by atoms with Crippen molar-refractivity contribution >= 4 is 5.91 Å². The highest BCUT2D eigenvalue weighted by Crippen LogP contribution is 2.30. The normalized spacial score (nSPS) is 10.3. The van der Waals surface area contributed by atoms with Gasteiger partial charge in [-0.3, -0.25) is 4.79 Å². The molecule has 5 heteroatoms. The molecular weight excluding hydrogens is 268 g/mol. The number of methoxy groups -OCH3 is 2. The minimum atomic E-state index is 0.152. The zero-order valence-corrected chi connectivity index (χ0v) is 13.7. The smallest absolute Gasteiger partial charge is 0.222 e. The highest BCUT2D eigenvalue weighted by molar-refractivity contribution is 5.75. The SMILES string of the molecule is CNCCCC(=O)N(C)Cc1cc(OC)c(OC)cc1C. The van der Waals surface area contributed by atoms with E-state index in [-0.39, 0.29) is 5.91 Å². The Labute approximate surface area is 127 Å². The molecule has 1 aromatic carbocycles. The van der Waals surface area contributed by atoms with E-state index in [0.717, 1.165) is 24.1 Å². The van der Waals surface area contributed by atoms with Crippen molar-refractivity contribution in [1.82, 2.24) is 10.2 Å². The van der Waals surface area contributed by atoms with E-state index in [2.05, 4.69) is 5.32 Å². The number of carbonyl (C=O) groups is 1. The van der Waals surface area contributed by atoms with Crippen LogP contribution in [0.1, 0.15) is 24.0 Å². The number of carbonyl (C=O) groups excluding carboxylic acids is 1. The van der Waals surface area contributed by atoms with Gasteiger partial charge >= 0.3 is 0 Å². The molecule has 21 heavy (non-hydrogen) atoms. The number of nitrogens with zero attached hydrogens (tertiary/aromatic N) is 1. The minimum Gasteiger partial charge on any atom is -0.493 e. The third-order valence-electron chi connectivity index (χ3n) is 3.49. The van der Waals surface area contributed by atoms with Crippen LogP contribution in [0.2, 0.25) is 0 Å². The van der Waals surface area contributed by atoms with Crippen LogP contribution in [0.3, 0.4) is 0 Å². The third-order valence-corrected chi connectivity index (χ3v) is 3.49. The third kappa shape index (κ3) is 4.93. The summed E-state index contributed by atoms with van der Waals surface area (Å²) in [7, 11) is 6.96. The molecule has 0 fully saturated rings. The van der Waals surface area contributed by atoms with E-state index in [1.54, 1.807) is 19.1 Å². The van der Waals surface area contributed by atoms with Crippen LogP contribution >= 0.6 is 0 Å². The predicted octanol–water partition coefficient (Wildman–Crippen LogP) is 1.97. The number of ether oxygens (including phenoxy) is 2. The van der Waals surface area contributed by atoms with Gasteiger partial charge in [-0.2, -0.15) is 0 Å². The molecule has 0 aliphatic heterocycles.